The lowest BCUT2D eigenvalue weighted by atomic mass is 9.70. The van der Waals surface area contributed by atoms with Crippen molar-refractivity contribution in [2.45, 2.75) is 96.8 Å². The molecule has 19 heavy (non-hydrogen) atoms. The Kier molecular flexibility index (Phi) is 8.16. The van der Waals surface area contributed by atoms with E-state index in [1.807, 2.05) is 0 Å². The van der Waals surface area contributed by atoms with Crippen molar-refractivity contribution in [1.82, 2.24) is 0 Å². The summed E-state index contributed by atoms with van der Waals surface area (Å²) in [5, 5.41) is 0. The van der Waals surface area contributed by atoms with Crippen LogP contribution in [0.15, 0.2) is 0 Å². The molecular formula is C17H33NO. The lowest BCUT2D eigenvalue weighted by molar-refractivity contribution is -0.130. The van der Waals surface area contributed by atoms with Gasteiger partial charge in [0.05, 0.1) is 0 Å². The number of carbonyl (C=O) groups is 1. The van der Waals surface area contributed by atoms with Gasteiger partial charge in [-0.2, -0.15) is 0 Å². The van der Waals surface area contributed by atoms with Crippen molar-refractivity contribution >= 4 is 5.91 Å². The first-order chi connectivity index (χ1) is 9.21. The molecule has 1 rings (SSSR count). The van der Waals surface area contributed by atoms with Gasteiger partial charge in [-0.05, 0) is 19.3 Å². The van der Waals surface area contributed by atoms with Crippen LogP contribution >= 0.6 is 0 Å². The third kappa shape index (κ3) is 5.97. The van der Waals surface area contributed by atoms with Gasteiger partial charge in [0.1, 0.15) is 0 Å². The number of carbonyl (C=O) groups excluding carboxylic acids is 1. The van der Waals surface area contributed by atoms with Crippen molar-refractivity contribution in [3.05, 3.63) is 0 Å². The summed E-state index contributed by atoms with van der Waals surface area (Å²) in [5.41, 5.74) is 5.52. The van der Waals surface area contributed by atoms with Crippen molar-refractivity contribution in [3.63, 3.8) is 0 Å². The van der Waals surface area contributed by atoms with Crippen LogP contribution in [0.3, 0.4) is 0 Å². The summed E-state index contributed by atoms with van der Waals surface area (Å²) in [7, 11) is 0. The summed E-state index contributed by atoms with van der Waals surface area (Å²) >= 11 is 0. The summed E-state index contributed by atoms with van der Waals surface area (Å²) < 4.78 is 0. The van der Waals surface area contributed by atoms with E-state index < -0.39 is 0 Å². The predicted octanol–water partition coefficient (Wildman–Crippen LogP) is 4.95. The van der Waals surface area contributed by atoms with Crippen LogP contribution in [0.2, 0.25) is 0 Å². The monoisotopic (exact) mass is 267 g/mol. The molecule has 1 amide bonds. The molecule has 1 aliphatic rings. The van der Waals surface area contributed by atoms with E-state index in [9.17, 15) is 4.79 Å². The van der Waals surface area contributed by atoms with Crippen molar-refractivity contribution in [3.8, 4) is 0 Å². The van der Waals surface area contributed by atoms with Gasteiger partial charge in [-0.3, -0.25) is 4.79 Å². The smallest absolute Gasteiger partial charge is 0.223 e. The Labute approximate surface area is 119 Å². The molecule has 1 saturated carbocycles. The quantitative estimate of drug-likeness (QED) is 0.559. The molecule has 2 heteroatoms. The number of hydrogen-bond donors (Lipinski definition) is 1. The molecule has 0 aromatic rings. The minimum absolute atomic E-state index is 0.0323. The minimum Gasteiger partial charge on any atom is -0.369 e. The van der Waals surface area contributed by atoms with Gasteiger partial charge in [0.2, 0.25) is 5.91 Å². The normalized spacial score (nSPS) is 18.4. The second kappa shape index (κ2) is 9.39. The third-order valence-corrected chi connectivity index (χ3v) is 4.84. The van der Waals surface area contributed by atoms with E-state index in [0.717, 1.165) is 19.3 Å². The highest BCUT2D eigenvalue weighted by atomic mass is 16.1. The number of amides is 1. The highest BCUT2D eigenvalue weighted by Gasteiger charge is 2.36. The summed E-state index contributed by atoms with van der Waals surface area (Å²) in [6.07, 6.45) is 17.4. The largest absolute Gasteiger partial charge is 0.369 e. The third-order valence-electron chi connectivity index (χ3n) is 4.84. The number of rotatable bonds is 10. The summed E-state index contributed by atoms with van der Waals surface area (Å²) in [4.78, 5) is 11.7. The molecule has 0 atom stereocenters. The standard InChI is InChI=1S/C17H33NO/c1-2-3-4-5-6-7-8-10-13-17(16(18)19)14-11-9-12-15-17/h2-15H2,1H3,(H2,18,19). The first kappa shape index (κ1) is 16.5. The van der Waals surface area contributed by atoms with E-state index in [1.165, 1.54) is 70.6 Å². The molecule has 0 aliphatic heterocycles. The zero-order valence-corrected chi connectivity index (χ0v) is 12.9. The molecule has 0 aromatic heterocycles. The van der Waals surface area contributed by atoms with Gasteiger partial charge >= 0.3 is 0 Å². The molecule has 0 spiro atoms. The van der Waals surface area contributed by atoms with Crippen LogP contribution < -0.4 is 5.73 Å². The van der Waals surface area contributed by atoms with E-state index in [-0.39, 0.29) is 11.3 Å². The van der Waals surface area contributed by atoms with Gasteiger partial charge in [0, 0.05) is 5.41 Å². The minimum atomic E-state index is -0.138. The summed E-state index contributed by atoms with van der Waals surface area (Å²) in [5.74, 6) is -0.0323. The maximum absolute atomic E-state index is 11.7. The molecule has 2 nitrogen and oxygen atoms in total. The SMILES string of the molecule is CCCCCCCCCCC1(C(N)=O)CCCCC1. The van der Waals surface area contributed by atoms with Crippen molar-refractivity contribution in [2.24, 2.45) is 11.1 Å². The fourth-order valence-electron chi connectivity index (χ4n) is 3.45. The van der Waals surface area contributed by atoms with Crippen molar-refractivity contribution < 1.29 is 4.79 Å². The molecular weight excluding hydrogens is 234 g/mol. The van der Waals surface area contributed by atoms with Gasteiger partial charge in [0.15, 0.2) is 0 Å². The summed E-state index contributed by atoms with van der Waals surface area (Å²) in [6, 6.07) is 0. The molecule has 1 fully saturated rings. The molecule has 0 saturated heterocycles. The van der Waals surface area contributed by atoms with E-state index >= 15 is 0 Å². The number of nitrogens with two attached hydrogens (primary N) is 1. The van der Waals surface area contributed by atoms with Crippen LogP contribution in [0.1, 0.15) is 96.8 Å². The molecule has 0 unspecified atom stereocenters. The van der Waals surface area contributed by atoms with Gasteiger partial charge in [-0.1, -0.05) is 77.6 Å². The average Bonchev–Trinajstić information content (AvgIpc) is 2.42. The van der Waals surface area contributed by atoms with Crippen LogP contribution in [0.5, 0.6) is 0 Å². The number of primary amides is 1. The number of unbranched alkanes of at least 4 members (excludes halogenated alkanes) is 7. The number of hydrogen-bond acceptors (Lipinski definition) is 1. The fraction of sp³-hybridized carbons (Fsp3) is 0.941. The Morgan fingerprint density at radius 1 is 0.895 bits per heavy atom. The fourth-order valence-corrected chi connectivity index (χ4v) is 3.45. The second-order valence-electron chi connectivity index (χ2n) is 6.43. The van der Waals surface area contributed by atoms with Gasteiger partial charge in [-0.15, -0.1) is 0 Å². The lowest BCUT2D eigenvalue weighted by Crippen LogP contribution is -2.38. The summed E-state index contributed by atoms with van der Waals surface area (Å²) in [6.45, 7) is 2.26. The van der Waals surface area contributed by atoms with Crippen molar-refractivity contribution in [1.29, 1.82) is 0 Å². The van der Waals surface area contributed by atoms with Crippen molar-refractivity contribution in [2.75, 3.05) is 0 Å². The highest BCUT2D eigenvalue weighted by Crippen LogP contribution is 2.40. The Bertz CT molecular complexity index is 244. The topological polar surface area (TPSA) is 43.1 Å². The Morgan fingerprint density at radius 3 is 1.95 bits per heavy atom. The van der Waals surface area contributed by atoms with Crippen LogP contribution in [0, 0.1) is 5.41 Å². The second-order valence-corrected chi connectivity index (χ2v) is 6.43. The molecule has 0 aromatic carbocycles. The maximum atomic E-state index is 11.7. The zero-order chi connectivity index (χ0) is 14.0. The first-order valence-corrected chi connectivity index (χ1v) is 8.51. The molecule has 0 bridgehead atoms. The van der Waals surface area contributed by atoms with Gasteiger partial charge in [-0.25, -0.2) is 0 Å². The Balaban J connectivity index is 2.10. The molecule has 0 radical (unpaired) electrons. The van der Waals surface area contributed by atoms with E-state index in [0.29, 0.717) is 0 Å². The van der Waals surface area contributed by atoms with Crippen LogP contribution in [-0.4, -0.2) is 5.91 Å². The highest BCUT2D eigenvalue weighted by molar-refractivity contribution is 5.80. The van der Waals surface area contributed by atoms with Crippen LogP contribution in [0.4, 0.5) is 0 Å². The first-order valence-electron chi connectivity index (χ1n) is 8.51. The molecule has 0 heterocycles. The van der Waals surface area contributed by atoms with Gasteiger partial charge < -0.3 is 5.73 Å². The Hall–Kier alpha value is -0.530. The van der Waals surface area contributed by atoms with E-state index in [1.54, 1.807) is 0 Å². The van der Waals surface area contributed by atoms with Crippen LogP contribution in [0.25, 0.3) is 0 Å². The van der Waals surface area contributed by atoms with Gasteiger partial charge in [0.25, 0.3) is 0 Å². The average molecular weight is 267 g/mol. The maximum Gasteiger partial charge on any atom is 0.223 e. The zero-order valence-electron chi connectivity index (χ0n) is 12.9. The van der Waals surface area contributed by atoms with E-state index in [2.05, 4.69) is 6.92 Å². The molecule has 2 N–H and O–H groups in total. The predicted molar refractivity (Wildman–Crippen MR) is 81.9 cm³/mol. The Morgan fingerprint density at radius 2 is 1.42 bits per heavy atom. The van der Waals surface area contributed by atoms with Crippen LogP contribution in [-0.2, 0) is 4.79 Å². The van der Waals surface area contributed by atoms with E-state index in [4.69, 9.17) is 5.73 Å². The lowest BCUT2D eigenvalue weighted by Gasteiger charge is -2.34. The molecule has 112 valence electrons. The molecule has 1 aliphatic carbocycles.